The van der Waals surface area contributed by atoms with E-state index in [1.54, 1.807) is 0 Å². The summed E-state index contributed by atoms with van der Waals surface area (Å²) in [7, 11) is 0. The van der Waals surface area contributed by atoms with Crippen LogP contribution in [0, 0.1) is 0 Å². The molecule has 0 aromatic heterocycles. The van der Waals surface area contributed by atoms with Crippen LogP contribution < -0.4 is 0 Å². The summed E-state index contributed by atoms with van der Waals surface area (Å²) in [6.07, 6.45) is 0.872. The van der Waals surface area contributed by atoms with E-state index in [0.29, 0.717) is 6.61 Å². The molecule has 0 aliphatic heterocycles. The van der Waals surface area contributed by atoms with Crippen molar-refractivity contribution in [2.24, 2.45) is 0 Å². The molecule has 0 fully saturated rings. The Bertz CT molecular complexity index is 62.7. The third kappa shape index (κ3) is 5.95. The predicted octanol–water partition coefficient (Wildman–Crippen LogP) is 1.93. The highest BCUT2D eigenvalue weighted by Crippen LogP contribution is 1.90. The van der Waals surface area contributed by atoms with Crippen molar-refractivity contribution in [2.75, 3.05) is 6.61 Å². The molecule has 0 aliphatic rings. The molecular weight excluding hydrogens is 160 g/mol. The van der Waals surface area contributed by atoms with Crippen LogP contribution in [0.4, 0.5) is 4.79 Å². The number of halogens is 1. The Morgan fingerprint density at radius 1 is 1.86 bits per heavy atom. The van der Waals surface area contributed by atoms with Crippen LogP contribution in [0.1, 0.15) is 13.3 Å². The molecule has 7 heavy (non-hydrogen) atoms. The molecule has 0 aromatic rings. The molecule has 0 unspecified atom stereocenters. The van der Waals surface area contributed by atoms with Gasteiger partial charge in [-0.25, -0.2) is 4.79 Å². The Kier molecular flexibility index (Phi) is 4.09. The van der Waals surface area contributed by atoms with Gasteiger partial charge in [0, 0.05) is 15.9 Å². The van der Waals surface area contributed by atoms with Gasteiger partial charge in [0.05, 0.1) is 6.61 Å². The van der Waals surface area contributed by atoms with Gasteiger partial charge in [-0.15, -0.1) is 0 Å². The number of carbonyl (C=O) groups is 1. The minimum atomic E-state index is -0.380. The average Bonchev–Trinajstić information content (AvgIpc) is 1.61. The molecule has 0 spiro atoms. The summed E-state index contributed by atoms with van der Waals surface area (Å²) >= 11 is 2.61. The Labute approximate surface area is 51.0 Å². The second-order valence-electron chi connectivity index (χ2n) is 1.09. The number of carbonyl (C=O) groups excluding carboxylic acids is 1. The molecule has 0 radical (unpaired) electrons. The zero-order valence-corrected chi connectivity index (χ0v) is 5.69. The maximum Gasteiger partial charge on any atom is 0.374 e. The van der Waals surface area contributed by atoms with Crippen LogP contribution in [0.3, 0.4) is 0 Å². The molecule has 0 N–H and O–H groups in total. The smallest absolute Gasteiger partial charge is 0.374 e. The summed E-state index contributed by atoms with van der Waals surface area (Å²) in [6.45, 7) is 2.44. The number of hydrogen-bond acceptors (Lipinski definition) is 2. The second kappa shape index (κ2) is 4.12. The monoisotopic (exact) mass is 166 g/mol. The SMILES string of the molecule is CCCOC(=O)Br. The van der Waals surface area contributed by atoms with Crippen molar-refractivity contribution < 1.29 is 9.53 Å². The van der Waals surface area contributed by atoms with Crippen molar-refractivity contribution in [3.63, 3.8) is 0 Å². The van der Waals surface area contributed by atoms with Crippen LogP contribution in [0.2, 0.25) is 0 Å². The van der Waals surface area contributed by atoms with Crippen molar-refractivity contribution in [2.45, 2.75) is 13.3 Å². The molecule has 0 aromatic carbocycles. The van der Waals surface area contributed by atoms with Crippen LogP contribution >= 0.6 is 15.9 Å². The standard InChI is InChI=1S/C4H7BrO2/c1-2-3-7-4(5)6/h2-3H2,1H3. The minimum Gasteiger partial charge on any atom is -0.457 e. The zero-order valence-electron chi connectivity index (χ0n) is 4.11. The van der Waals surface area contributed by atoms with Crippen molar-refractivity contribution in [1.82, 2.24) is 0 Å². The van der Waals surface area contributed by atoms with Gasteiger partial charge in [-0.2, -0.15) is 0 Å². The second-order valence-corrected chi connectivity index (χ2v) is 1.73. The Balaban J connectivity index is 2.82. The normalized spacial score (nSPS) is 8.29. The summed E-state index contributed by atoms with van der Waals surface area (Å²) in [5, 5.41) is 0. The van der Waals surface area contributed by atoms with E-state index in [4.69, 9.17) is 0 Å². The first-order valence-electron chi connectivity index (χ1n) is 2.09. The highest BCUT2D eigenvalue weighted by molar-refractivity contribution is 9.18. The van der Waals surface area contributed by atoms with Crippen molar-refractivity contribution in [1.29, 1.82) is 0 Å². The van der Waals surface area contributed by atoms with Gasteiger partial charge in [-0.3, -0.25) is 0 Å². The lowest BCUT2D eigenvalue weighted by atomic mass is 10.5. The molecule has 42 valence electrons. The van der Waals surface area contributed by atoms with Crippen molar-refractivity contribution in [3.8, 4) is 0 Å². The molecular formula is C4H7BrO2. The summed E-state index contributed by atoms with van der Waals surface area (Å²) in [5.74, 6) is 0. The van der Waals surface area contributed by atoms with Crippen LogP contribution in [-0.2, 0) is 4.74 Å². The zero-order chi connectivity index (χ0) is 5.70. The highest BCUT2D eigenvalue weighted by atomic mass is 79.9. The quantitative estimate of drug-likeness (QED) is 0.587. The number of ether oxygens (including phenoxy) is 1. The predicted molar refractivity (Wildman–Crippen MR) is 30.6 cm³/mol. The van der Waals surface area contributed by atoms with E-state index in [0.717, 1.165) is 6.42 Å². The molecule has 0 aliphatic carbocycles. The third-order valence-corrected chi connectivity index (χ3v) is 0.649. The lowest BCUT2D eigenvalue weighted by Crippen LogP contribution is -1.92. The lowest BCUT2D eigenvalue weighted by molar-refractivity contribution is 0.177. The molecule has 0 rings (SSSR count). The van der Waals surface area contributed by atoms with Gasteiger partial charge < -0.3 is 4.74 Å². The first-order valence-corrected chi connectivity index (χ1v) is 2.89. The Hall–Kier alpha value is -0.0500. The topological polar surface area (TPSA) is 26.3 Å². The molecule has 0 heterocycles. The van der Waals surface area contributed by atoms with Crippen molar-refractivity contribution >= 4 is 20.8 Å². The van der Waals surface area contributed by atoms with E-state index in [1.807, 2.05) is 6.92 Å². The van der Waals surface area contributed by atoms with Gasteiger partial charge in [0.15, 0.2) is 0 Å². The first kappa shape index (κ1) is 6.95. The van der Waals surface area contributed by atoms with E-state index in [9.17, 15) is 4.79 Å². The summed E-state index contributed by atoms with van der Waals surface area (Å²) in [4.78, 5) is 9.52. The first-order chi connectivity index (χ1) is 3.27. The van der Waals surface area contributed by atoms with Gasteiger partial charge >= 0.3 is 4.88 Å². The van der Waals surface area contributed by atoms with Crippen LogP contribution in [0.15, 0.2) is 0 Å². The van der Waals surface area contributed by atoms with Crippen LogP contribution in [0.25, 0.3) is 0 Å². The summed E-state index contributed by atoms with van der Waals surface area (Å²) in [5.41, 5.74) is 0. The lowest BCUT2D eigenvalue weighted by Gasteiger charge is -1.92. The molecule has 0 atom stereocenters. The van der Waals surface area contributed by atoms with Gasteiger partial charge in [0.1, 0.15) is 0 Å². The molecule has 3 heteroatoms. The van der Waals surface area contributed by atoms with E-state index < -0.39 is 0 Å². The van der Waals surface area contributed by atoms with E-state index in [1.165, 1.54) is 0 Å². The van der Waals surface area contributed by atoms with Gasteiger partial charge in [0.25, 0.3) is 0 Å². The van der Waals surface area contributed by atoms with Gasteiger partial charge in [0.2, 0.25) is 0 Å². The van der Waals surface area contributed by atoms with Gasteiger partial charge in [-0.1, -0.05) is 6.92 Å². The largest absolute Gasteiger partial charge is 0.457 e. The van der Waals surface area contributed by atoms with Crippen LogP contribution in [-0.4, -0.2) is 11.5 Å². The maximum absolute atomic E-state index is 9.90. The Morgan fingerprint density at radius 3 is 2.57 bits per heavy atom. The fourth-order valence-corrected chi connectivity index (χ4v) is 0.344. The minimum absolute atomic E-state index is 0.380. The van der Waals surface area contributed by atoms with Gasteiger partial charge in [-0.05, 0) is 6.42 Å². The molecule has 2 nitrogen and oxygen atoms in total. The summed E-state index contributed by atoms with van der Waals surface area (Å²) in [6, 6.07) is 0. The average molecular weight is 167 g/mol. The fraction of sp³-hybridized carbons (Fsp3) is 0.750. The number of hydrogen-bond donors (Lipinski definition) is 0. The Morgan fingerprint density at radius 2 is 2.43 bits per heavy atom. The molecule has 0 bridgehead atoms. The number of rotatable bonds is 2. The highest BCUT2D eigenvalue weighted by Gasteiger charge is 1.88. The molecule has 0 saturated heterocycles. The maximum atomic E-state index is 9.90. The third-order valence-electron chi connectivity index (χ3n) is 0.420. The summed E-state index contributed by atoms with van der Waals surface area (Å²) < 4.78 is 4.47. The van der Waals surface area contributed by atoms with Crippen LogP contribution in [0.5, 0.6) is 0 Å². The van der Waals surface area contributed by atoms with Crippen molar-refractivity contribution in [3.05, 3.63) is 0 Å². The van der Waals surface area contributed by atoms with E-state index in [2.05, 4.69) is 20.7 Å². The van der Waals surface area contributed by atoms with E-state index in [-0.39, 0.29) is 4.88 Å². The van der Waals surface area contributed by atoms with E-state index >= 15 is 0 Å². The fourth-order valence-electron chi connectivity index (χ4n) is 0.182. The molecule has 0 amide bonds. The molecule has 0 saturated carbocycles.